The van der Waals surface area contributed by atoms with Gasteiger partial charge in [-0.2, -0.15) is 0 Å². The zero-order chi connectivity index (χ0) is 21.3. The summed E-state index contributed by atoms with van der Waals surface area (Å²) in [6.45, 7) is 7.13. The fourth-order valence-electron chi connectivity index (χ4n) is 3.67. The quantitative estimate of drug-likeness (QED) is 0.493. The van der Waals surface area contributed by atoms with Crippen LogP contribution in [0.2, 0.25) is 0 Å². The maximum Gasteiger partial charge on any atom is 0.337 e. The highest BCUT2D eigenvalue weighted by Crippen LogP contribution is 2.16. The number of aryl methyl sites for hydroxylation is 1. The summed E-state index contributed by atoms with van der Waals surface area (Å²) < 4.78 is 4.75. The molecule has 6 nitrogen and oxygen atoms in total. The summed E-state index contributed by atoms with van der Waals surface area (Å²) >= 11 is 0. The fraction of sp³-hybridized carbons (Fsp3) is 0.292. The van der Waals surface area contributed by atoms with Crippen molar-refractivity contribution in [2.75, 3.05) is 0 Å². The molecule has 0 amide bonds. The smallest absolute Gasteiger partial charge is 0.320 e. The summed E-state index contributed by atoms with van der Waals surface area (Å²) in [6.07, 6.45) is 2.41. The number of aromatic nitrogens is 4. The molecule has 4 rings (SSSR count). The van der Waals surface area contributed by atoms with Crippen LogP contribution in [0.4, 0.5) is 0 Å². The molecule has 0 saturated heterocycles. The summed E-state index contributed by atoms with van der Waals surface area (Å²) in [7, 11) is 0. The van der Waals surface area contributed by atoms with E-state index in [1.54, 1.807) is 10.9 Å². The van der Waals surface area contributed by atoms with Crippen molar-refractivity contribution in [1.29, 1.82) is 0 Å². The molecule has 0 radical (unpaired) electrons. The minimum absolute atomic E-state index is 0.283. The Balaban J connectivity index is 1.97. The van der Waals surface area contributed by atoms with Crippen molar-refractivity contribution in [3.05, 3.63) is 92.9 Å². The molecule has 2 aromatic heterocycles. The van der Waals surface area contributed by atoms with E-state index in [-0.39, 0.29) is 11.2 Å². The zero-order valence-corrected chi connectivity index (χ0v) is 17.6. The second-order valence-corrected chi connectivity index (χ2v) is 8.06. The molecule has 0 unspecified atom stereocenters. The van der Waals surface area contributed by atoms with E-state index in [4.69, 9.17) is 0 Å². The van der Waals surface area contributed by atoms with Gasteiger partial charge in [0.15, 0.2) is 11.2 Å². The molecule has 0 saturated carbocycles. The first-order chi connectivity index (χ1) is 14.5. The van der Waals surface area contributed by atoms with Crippen molar-refractivity contribution in [2.45, 2.75) is 40.3 Å². The molecule has 0 aliphatic heterocycles. The van der Waals surface area contributed by atoms with Crippen molar-refractivity contribution in [3.8, 4) is 5.69 Å². The average Bonchev–Trinajstić information content (AvgIpc) is 3.14. The monoisotopic (exact) mass is 402 g/mol. The molecule has 0 spiro atoms. The van der Waals surface area contributed by atoms with E-state index in [0.717, 1.165) is 17.5 Å². The van der Waals surface area contributed by atoms with E-state index in [1.807, 2.05) is 53.1 Å². The third-order valence-corrected chi connectivity index (χ3v) is 5.45. The summed E-state index contributed by atoms with van der Waals surface area (Å²) in [5.74, 6) is 0.383. The summed E-state index contributed by atoms with van der Waals surface area (Å²) in [6, 6.07) is 17.5. The highest BCUT2D eigenvalue weighted by Gasteiger charge is 2.19. The minimum Gasteiger partial charge on any atom is -0.320 e. The van der Waals surface area contributed by atoms with E-state index >= 15 is 0 Å². The lowest BCUT2D eigenvalue weighted by Crippen LogP contribution is -2.40. The normalized spacial score (nSPS) is 11.5. The van der Waals surface area contributed by atoms with E-state index in [9.17, 15) is 9.59 Å². The largest absolute Gasteiger partial charge is 0.337 e. The first-order valence-corrected chi connectivity index (χ1v) is 10.3. The summed E-state index contributed by atoms with van der Waals surface area (Å²) in [4.78, 5) is 31.2. The lowest BCUT2D eigenvalue weighted by molar-refractivity contribution is 0.491. The molecule has 0 aliphatic carbocycles. The van der Waals surface area contributed by atoms with E-state index in [1.165, 1.54) is 4.57 Å². The Hall–Kier alpha value is -3.41. The van der Waals surface area contributed by atoms with Gasteiger partial charge < -0.3 is 4.57 Å². The molecular weight excluding hydrogens is 376 g/mol. The molecule has 30 heavy (non-hydrogen) atoms. The first kappa shape index (κ1) is 19.9. The highest BCUT2D eigenvalue weighted by atomic mass is 16.2. The standard InChI is InChI=1S/C24H26N4O2/c1-17(2)13-14-27-23(29)21-22(28(24(27)30)20-11-5-4-6-12-20)25-16-26(21)15-19-10-8-7-9-18(19)3/h4-12,16-17H,13-15H2,1-3H3. The van der Waals surface area contributed by atoms with Crippen LogP contribution in [0.1, 0.15) is 31.4 Å². The van der Waals surface area contributed by atoms with Gasteiger partial charge in [-0.3, -0.25) is 9.36 Å². The Morgan fingerprint density at radius 2 is 1.67 bits per heavy atom. The maximum absolute atomic E-state index is 13.4. The average molecular weight is 402 g/mol. The van der Waals surface area contributed by atoms with Crippen molar-refractivity contribution < 1.29 is 0 Å². The topological polar surface area (TPSA) is 61.8 Å². The molecule has 2 heterocycles. The van der Waals surface area contributed by atoms with Crippen LogP contribution in [0.3, 0.4) is 0 Å². The third-order valence-electron chi connectivity index (χ3n) is 5.45. The predicted octanol–water partition coefficient (Wildman–Crippen LogP) is 3.75. The predicted molar refractivity (Wildman–Crippen MR) is 119 cm³/mol. The van der Waals surface area contributed by atoms with Gasteiger partial charge in [-0.1, -0.05) is 56.3 Å². The molecule has 6 heteroatoms. The van der Waals surface area contributed by atoms with Crippen LogP contribution < -0.4 is 11.2 Å². The fourth-order valence-corrected chi connectivity index (χ4v) is 3.67. The van der Waals surface area contributed by atoms with Crippen LogP contribution in [0.25, 0.3) is 16.9 Å². The maximum atomic E-state index is 13.4. The van der Waals surface area contributed by atoms with Gasteiger partial charge in [0.1, 0.15) is 0 Å². The van der Waals surface area contributed by atoms with E-state index in [0.29, 0.717) is 35.9 Å². The number of hydrogen-bond acceptors (Lipinski definition) is 3. The van der Waals surface area contributed by atoms with Gasteiger partial charge in [0.2, 0.25) is 0 Å². The number of benzene rings is 2. The number of nitrogens with zero attached hydrogens (tertiary/aromatic N) is 4. The van der Waals surface area contributed by atoms with Gasteiger partial charge >= 0.3 is 5.69 Å². The SMILES string of the molecule is Cc1ccccc1Cn1cnc2c1c(=O)n(CCC(C)C)c(=O)n2-c1ccccc1. The van der Waals surface area contributed by atoms with Gasteiger partial charge in [0, 0.05) is 13.1 Å². The minimum atomic E-state index is -0.347. The Bertz CT molecular complexity index is 1300. The van der Waals surface area contributed by atoms with Crippen LogP contribution in [-0.2, 0) is 13.1 Å². The van der Waals surface area contributed by atoms with Crippen molar-refractivity contribution in [2.24, 2.45) is 5.92 Å². The molecule has 2 aromatic carbocycles. The van der Waals surface area contributed by atoms with Crippen molar-refractivity contribution >= 4 is 11.2 Å². The molecule has 0 bridgehead atoms. The van der Waals surface area contributed by atoms with Gasteiger partial charge in [-0.05, 0) is 42.5 Å². The Morgan fingerprint density at radius 1 is 0.967 bits per heavy atom. The highest BCUT2D eigenvalue weighted by molar-refractivity contribution is 5.72. The van der Waals surface area contributed by atoms with E-state index < -0.39 is 0 Å². The van der Waals surface area contributed by atoms with Gasteiger partial charge in [-0.15, -0.1) is 0 Å². The van der Waals surface area contributed by atoms with Crippen molar-refractivity contribution in [1.82, 2.24) is 18.7 Å². The van der Waals surface area contributed by atoms with Gasteiger partial charge in [0.05, 0.1) is 12.0 Å². The third kappa shape index (κ3) is 3.61. The van der Waals surface area contributed by atoms with Crippen LogP contribution in [0.15, 0.2) is 70.5 Å². The Kier molecular flexibility index (Phi) is 5.40. The number of para-hydroxylation sites is 1. The second kappa shape index (κ2) is 8.14. The Morgan fingerprint density at radius 3 is 2.37 bits per heavy atom. The number of hydrogen-bond donors (Lipinski definition) is 0. The molecule has 0 atom stereocenters. The van der Waals surface area contributed by atoms with Crippen LogP contribution in [-0.4, -0.2) is 18.7 Å². The number of imidazole rings is 1. The molecule has 4 aromatic rings. The lowest BCUT2D eigenvalue weighted by Gasteiger charge is -2.14. The van der Waals surface area contributed by atoms with Crippen LogP contribution in [0.5, 0.6) is 0 Å². The first-order valence-electron chi connectivity index (χ1n) is 10.3. The number of fused-ring (bicyclic) bond motifs is 1. The van der Waals surface area contributed by atoms with Gasteiger partial charge in [0.25, 0.3) is 5.56 Å². The van der Waals surface area contributed by atoms with Gasteiger partial charge in [-0.25, -0.2) is 14.3 Å². The zero-order valence-electron chi connectivity index (χ0n) is 17.6. The summed E-state index contributed by atoms with van der Waals surface area (Å²) in [5, 5.41) is 0. The Labute approximate surface area is 175 Å². The van der Waals surface area contributed by atoms with Crippen LogP contribution in [0, 0.1) is 12.8 Å². The van der Waals surface area contributed by atoms with E-state index in [2.05, 4.69) is 31.8 Å². The summed E-state index contributed by atoms with van der Waals surface area (Å²) in [5.41, 5.74) is 3.18. The molecule has 0 N–H and O–H groups in total. The second-order valence-electron chi connectivity index (χ2n) is 8.06. The number of rotatable bonds is 6. The lowest BCUT2D eigenvalue weighted by atomic mass is 10.1. The molecule has 0 aliphatic rings. The van der Waals surface area contributed by atoms with Crippen LogP contribution >= 0.6 is 0 Å². The molecule has 0 fully saturated rings. The molecular formula is C24H26N4O2. The molecule has 154 valence electrons. The van der Waals surface area contributed by atoms with Crippen molar-refractivity contribution in [3.63, 3.8) is 0 Å².